The molecule has 0 aromatic carbocycles. The number of thioether (sulfide) groups is 1. The van der Waals surface area contributed by atoms with E-state index >= 15 is 0 Å². The number of carbonyl (C=O) groups excluding carboxylic acids is 1. The number of carbonyl (C=O) groups is 1. The van der Waals surface area contributed by atoms with E-state index in [2.05, 4.69) is 17.2 Å². The van der Waals surface area contributed by atoms with Gasteiger partial charge in [0, 0.05) is 18.0 Å². The number of hydrogen-bond acceptors (Lipinski definition) is 3. The summed E-state index contributed by atoms with van der Waals surface area (Å²) in [5.41, 5.74) is 0.424. The number of aromatic nitrogens is 1. The SMILES string of the molecule is CCSCC(C)NC(=O)c1cnc(Cl)c(Cl)c1. The number of rotatable bonds is 5. The second-order valence-electron chi connectivity index (χ2n) is 3.53. The highest BCUT2D eigenvalue weighted by Gasteiger charge is 2.11. The lowest BCUT2D eigenvalue weighted by molar-refractivity contribution is 0.0943. The summed E-state index contributed by atoms with van der Waals surface area (Å²) in [6.45, 7) is 4.05. The third-order valence-corrected chi connectivity index (χ3v) is 3.84. The molecule has 1 N–H and O–H groups in total. The average Bonchev–Trinajstić information content (AvgIpc) is 2.30. The first-order valence-electron chi connectivity index (χ1n) is 5.24. The van der Waals surface area contributed by atoms with Crippen LogP contribution >= 0.6 is 35.0 Å². The molecule has 1 amide bonds. The second-order valence-corrected chi connectivity index (χ2v) is 5.61. The topological polar surface area (TPSA) is 42.0 Å². The van der Waals surface area contributed by atoms with E-state index < -0.39 is 0 Å². The van der Waals surface area contributed by atoms with Crippen LogP contribution in [0.4, 0.5) is 0 Å². The third-order valence-electron chi connectivity index (χ3n) is 2.01. The molecule has 0 saturated carbocycles. The lowest BCUT2D eigenvalue weighted by Gasteiger charge is -2.13. The molecule has 3 nitrogen and oxygen atoms in total. The maximum absolute atomic E-state index is 11.8. The molecule has 0 aliphatic heterocycles. The van der Waals surface area contributed by atoms with E-state index in [9.17, 15) is 4.79 Å². The zero-order chi connectivity index (χ0) is 12.8. The van der Waals surface area contributed by atoms with Crippen molar-refractivity contribution in [3.63, 3.8) is 0 Å². The molecular formula is C11H14Cl2N2OS. The van der Waals surface area contributed by atoms with E-state index in [4.69, 9.17) is 23.2 Å². The number of pyridine rings is 1. The van der Waals surface area contributed by atoms with Crippen molar-refractivity contribution in [3.8, 4) is 0 Å². The largest absolute Gasteiger partial charge is 0.349 e. The fourth-order valence-corrected chi connectivity index (χ4v) is 2.13. The van der Waals surface area contributed by atoms with E-state index in [1.54, 1.807) is 11.8 Å². The minimum atomic E-state index is -0.180. The monoisotopic (exact) mass is 292 g/mol. The fourth-order valence-electron chi connectivity index (χ4n) is 1.19. The molecule has 1 atom stereocenters. The Hall–Kier alpha value is -0.450. The van der Waals surface area contributed by atoms with Gasteiger partial charge in [0.15, 0.2) is 0 Å². The van der Waals surface area contributed by atoms with Gasteiger partial charge >= 0.3 is 0 Å². The first kappa shape index (κ1) is 14.6. The number of amides is 1. The predicted octanol–water partition coefficient (Wildman–Crippen LogP) is 3.26. The van der Waals surface area contributed by atoms with Crippen molar-refractivity contribution in [1.82, 2.24) is 10.3 Å². The van der Waals surface area contributed by atoms with Crippen LogP contribution < -0.4 is 5.32 Å². The Morgan fingerprint density at radius 1 is 1.59 bits per heavy atom. The molecule has 1 unspecified atom stereocenters. The number of nitrogens with zero attached hydrogens (tertiary/aromatic N) is 1. The number of halogens is 2. The molecule has 0 radical (unpaired) electrons. The minimum Gasteiger partial charge on any atom is -0.349 e. The van der Waals surface area contributed by atoms with Crippen molar-refractivity contribution in [3.05, 3.63) is 28.0 Å². The van der Waals surface area contributed by atoms with Crippen LogP contribution in [0.15, 0.2) is 12.3 Å². The van der Waals surface area contributed by atoms with Gasteiger partial charge in [-0.3, -0.25) is 4.79 Å². The van der Waals surface area contributed by atoms with Crippen LogP contribution in [0.25, 0.3) is 0 Å². The highest BCUT2D eigenvalue weighted by Crippen LogP contribution is 2.19. The van der Waals surface area contributed by atoms with E-state index in [-0.39, 0.29) is 22.1 Å². The maximum Gasteiger partial charge on any atom is 0.253 e. The van der Waals surface area contributed by atoms with Gasteiger partial charge in [-0.1, -0.05) is 30.1 Å². The van der Waals surface area contributed by atoms with Crippen molar-refractivity contribution in [2.24, 2.45) is 0 Å². The molecule has 1 heterocycles. The Kier molecular flexibility index (Phi) is 6.09. The Morgan fingerprint density at radius 2 is 2.29 bits per heavy atom. The summed E-state index contributed by atoms with van der Waals surface area (Å²) in [6.07, 6.45) is 1.42. The van der Waals surface area contributed by atoms with Crippen LogP contribution in [-0.4, -0.2) is 28.4 Å². The number of nitrogens with one attached hydrogen (secondary N) is 1. The van der Waals surface area contributed by atoms with Crippen molar-refractivity contribution in [2.45, 2.75) is 19.9 Å². The van der Waals surface area contributed by atoms with Gasteiger partial charge in [0.25, 0.3) is 5.91 Å². The summed E-state index contributed by atoms with van der Waals surface area (Å²) >= 11 is 13.3. The van der Waals surface area contributed by atoms with Crippen LogP contribution in [0.3, 0.4) is 0 Å². The van der Waals surface area contributed by atoms with Gasteiger partial charge in [0.2, 0.25) is 0 Å². The summed E-state index contributed by atoms with van der Waals surface area (Å²) in [5.74, 6) is 1.74. The lowest BCUT2D eigenvalue weighted by atomic mass is 10.2. The molecule has 0 aliphatic carbocycles. The zero-order valence-corrected chi connectivity index (χ0v) is 12.0. The summed E-state index contributed by atoms with van der Waals surface area (Å²) < 4.78 is 0. The normalized spacial score (nSPS) is 12.2. The highest BCUT2D eigenvalue weighted by atomic mass is 35.5. The van der Waals surface area contributed by atoms with Gasteiger partial charge in [-0.25, -0.2) is 4.98 Å². The van der Waals surface area contributed by atoms with Crippen LogP contribution in [0.2, 0.25) is 10.2 Å². The van der Waals surface area contributed by atoms with Gasteiger partial charge in [-0.2, -0.15) is 11.8 Å². The molecule has 1 aromatic rings. The zero-order valence-electron chi connectivity index (χ0n) is 9.67. The van der Waals surface area contributed by atoms with Crippen molar-refractivity contribution in [1.29, 1.82) is 0 Å². The Morgan fingerprint density at radius 3 is 2.88 bits per heavy atom. The Bertz CT molecular complexity index is 401. The molecule has 17 heavy (non-hydrogen) atoms. The summed E-state index contributed by atoms with van der Waals surface area (Å²) in [6, 6.07) is 1.63. The van der Waals surface area contributed by atoms with Gasteiger partial charge in [0.1, 0.15) is 5.15 Å². The Labute approximate surface area is 115 Å². The molecule has 0 bridgehead atoms. The summed E-state index contributed by atoms with van der Waals surface area (Å²) in [5, 5.41) is 3.37. The molecule has 0 spiro atoms. The van der Waals surface area contributed by atoms with Crippen LogP contribution in [-0.2, 0) is 0 Å². The van der Waals surface area contributed by atoms with Gasteiger partial charge < -0.3 is 5.32 Å². The minimum absolute atomic E-state index is 0.113. The molecule has 0 fully saturated rings. The summed E-state index contributed by atoms with van der Waals surface area (Å²) in [4.78, 5) is 15.7. The molecule has 1 rings (SSSR count). The average molecular weight is 293 g/mol. The second kappa shape index (κ2) is 7.09. The first-order chi connectivity index (χ1) is 8.04. The standard InChI is InChI=1S/C11H14Cl2N2OS/c1-3-17-6-7(2)15-11(16)8-4-9(12)10(13)14-5-8/h4-5,7H,3,6H2,1-2H3,(H,15,16). The smallest absolute Gasteiger partial charge is 0.253 e. The summed E-state index contributed by atoms with van der Waals surface area (Å²) in [7, 11) is 0. The highest BCUT2D eigenvalue weighted by molar-refractivity contribution is 7.99. The van der Waals surface area contributed by atoms with Crippen LogP contribution in [0.5, 0.6) is 0 Å². The molecule has 94 valence electrons. The lowest BCUT2D eigenvalue weighted by Crippen LogP contribution is -2.34. The third kappa shape index (κ3) is 4.74. The van der Waals surface area contributed by atoms with Crippen molar-refractivity contribution in [2.75, 3.05) is 11.5 Å². The van der Waals surface area contributed by atoms with E-state index in [0.717, 1.165) is 11.5 Å². The fraction of sp³-hybridized carbons (Fsp3) is 0.455. The van der Waals surface area contributed by atoms with Crippen LogP contribution in [0, 0.1) is 0 Å². The molecular weight excluding hydrogens is 279 g/mol. The van der Waals surface area contributed by atoms with E-state index in [1.165, 1.54) is 12.3 Å². The van der Waals surface area contributed by atoms with Gasteiger partial charge in [0.05, 0.1) is 10.6 Å². The van der Waals surface area contributed by atoms with Crippen LogP contribution in [0.1, 0.15) is 24.2 Å². The quantitative estimate of drug-likeness (QED) is 0.847. The molecule has 6 heteroatoms. The number of hydrogen-bond donors (Lipinski definition) is 1. The molecule has 0 saturated heterocycles. The van der Waals surface area contributed by atoms with Crippen molar-refractivity contribution < 1.29 is 4.79 Å². The molecule has 0 aliphatic rings. The first-order valence-corrected chi connectivity index (χ1v) is 7.15. The predicted molar refractivity (Wildman–Crippen MR) is 74.2 cm³/mol. The van der Waals surface area contributed by atoms with Gasteiger partial charge in [-0.15, -0.1) is 0 Å². The molecule has 1 aromatic heterocycles. The maximum atomic E-state index is 11.8. The Balaban J connectivity index is 2.60. The van der Waals surface area contributed by atoms with Gasteiger partial charge in [-0.05, 0) is 18.7 Å². The van der Waals surface area contributed by atoms with Crippen molar-refractivity contribution >= 4 is 40.9 Å². The van der Waals surface area contributed by atoms with E-state index in [1.807, 2.05) is 6.92 Å². The van der Waals surface area contributed by atoms with E-state index in [0.29, 0.717) is 5.56 Å².